The fraction of sp³-hybridized carbons (Fsp3) is 0.409. The summed E-state index contributed by atoms with van der Waals surface area (Å²) in [6.45, 7) is 4.66. The first-order valence-corrected chi connectivity index (χ1v) is 10.5. The lowest BCUT2D eigenvalue weighted by Gasteiger charge is -2.39. The summed E-state index contributed by atoms with van der Waals surface area (Å²) < 4.78 is 25.6. The van der Waals surface area contributed by atoms with Gasteiger partial charge < -0.3 is 25.2 Å². The molecule has 2 amide bonds. The molecule has 9 nitrogen and oxygen atoms in total. The molecule has 0 aliphatic carbocycles. The number of aromatic nitrogens is 1. The van der Waals surface area contributed by atoms with Gasteiger partial charge in [0.15, 0.2) is 0 Å². The highest BCUT2D eigenvalue weighted by Crippen LogP contribution is 2.27. The fourth-order valence-electron chi connectivity index (χ4n) is 3.73. The summed E-state index contributed by atoms with van der Waals surface area (Å²) in [7, 11) is 0. The van der Waals surface area contributed by atoms with E-state index < -0.39 is 24.2 Å². The lowest BCUT2D eigenvalue weighted by Crippen LogP contribution is -2.61. The number of carbonyl (C=O) groups excluding carboxylic acids is 1. The topological polar surface area (TPSA) is 108 Å². The summed E-state index contributed by atoms with van der Waals surface area (Å²) in [6.07, 6.45) is 1.63. The molecule has 3 N–H and O–H groups in total. The molecule has 3 heterocycles. The first-order valence-electron chi connectivity index (χ1n) is 10.5. The number of hydrogen-bond acceptors (Lipinski definition) is 7. The molecule has 32 heavy (non-hydrogen) atoms. The van der Waals surface area contributed by atoms with Gasteiger partial charge in [0.1, 0.15) is 17.3 Å². The van der Waals surface area contributed by atoms with Crippen LogP contribution in [-0.4, -0.2) is 52.6 Å². The number of nitrogens with one attached hydrogen (secondary N) is 2. The van der Waals surface area contributed by atoms with Crippen LogP contribution >= 0.6 is 0 Å². The molecule has 1 unspecified atom stereocenters. The Morgan fingerprint density at radius 3 is 2.72 bits per heavy atom. The summed E-state index contributed by atoms with van der Waals surface area (Å²) in [5.41, 5.74) is 1.18. The van der Waals surface area contributed by atoms with E-state index in [1.807, 2.05) is 13.0 Å². The largest absolute Gasteiger partial charge is 0.456 e. The van der Waals surface area contributed by atoms with Gasteiger partial charge in [-0.05, 0) is 57.0 Å². The Balaban J connectivity index is 1.45. The second kappa shape index (κ2) is 9.49. The monoisotopic (exact) mass is 443 g/mol. The Morgan fingerprint density at radius 1 is 1.28 bits per heavy atom. The molecular formula is C22H26FN5O4. The van der Waals surface area contributed by atoms with E-state index in [1.165, 1.54) is 17.0 Å². The summed E-state index contributed by atoms with van der Waals surface area (Å²) in [6, 6.07) is 6.76. The molecule has 2 aliphatic rings. The number of aliphatic hydroxyl groups is 1. The van der Waals surface area contributed by atoms with Crippen molar-refractivity contribution in [1.82, 2.24) is 20.5 Å². The predicted molar refractivity (Wildman–Crippen MR) is 115 cm³/mol. The molecule has 0 spiro atoms. The van der Waals surface area contributed by atoms with Gasteiger partial charge in [0.25, 0.3) is 0 Å². The highest BCUT2D eigenvalue weighted by molar-refractivity contribution is 5.95. The number of urea groups is 1. The van der Waals surface area contributed by atoms with E-state index in [9.17, 15) is 14.3 Å². The number of aliphatic imine (C=N–C) groups is 1. The molecule has 2 aromatic rings. The highest BCUT2D eigenvalue weighted by Gasteiger charge is 2.35. The van der Waals surface area contributed by atoms with Gasteiger partial charge in [0, 0.05) is 30.5 Å². The Labute approximate surface area is 185 Å². The predicted octanol–water partition coefficient (Wildman–Crippen LogP) is 2.81. The summed E-state index contributed by atoms with van der Waals surface area (Å²) in [5.74, 6) is 0.619. The molecule has 0 saturated carbocycles. The quantitative estimate of drug-likeness (QED) is 0.652. The number of carbonyl (C=O) groups is 1. The minimum Gasteiger partial charge on any atom is -0.456 e. The van der Waals surface area contributed by atoms with Crippen molar-refractivity contribution in [2.75, 3.05) is 13.2 Å². The van der Waals surface area contributed by atoms with Gasteiger partial charge in [-0.1, -0.05) is 0 Å². The number of ether oxygens (including phenoxy) is 2. The molecule has 1 aromatic heterocycles. The Bertz CT molecular complexity index is 994. The Kier molecular flexibility index (Phi) is 6.52. The standard InChI is InChI=1S/C22H26FN5O4/c1-13-3-4-17(12-24-13)32-16-5-6-19(23)18(11-16)14(2)25-20-26-21(29)28(22(30)27-20)15-7-9-31-10-8-15/h3-6,11-12,14-15,21,29H,7-10H2,1-2H3,(H2,25,26,27,30)/t14-,21?/m0/s1. The third-order valence-electron chi connectivity index (χ3n) is 5.45. The molecule has 1 aromatic carbocycles. The van der Waals surface area contributed by atoms with Crippen molar-refractivity contribution in [2.45, 2.75) is 45.1 Å². The van der Waals surface area contributed by atoms with Crippen molar-refractivity contribution < 1.29 is 23.8 Å². The average molecular weight is 443 g/mol. The van der Waals surface area contributed by atoms with Crippen molar-refractivity contribution >= 4 is 12.0 Å². The molecule has 4 rings (SSSR count). The first kappa shape index (κ1) is 22.0. The maximum atomic E-state index is 14.5. The highest BCUT2D eigenvalue weighted by atomic mass is 19.1. The molecule has 2 atom stereocenters. The van der Waals surface area contributed by atoms with E-state index >= 15 is 0 Å². The number of guanidine groups is 1. The molecule has 10 heteroatoms. The number of benzene rings is 1. The van der Waals surface area contributed by atoms with Crippen LogP contribution in [0.2, 0.25) is 0 Å². The van der Waals surface area contributed by atoms with Gasteiger partial charge in [-0.15, -0.1) is 0 Å². The zero-order valence-corrected chi connectivity index (χ0v) is 17.9. The summed E-state index contributed by atoms with van der Waals surface area (Å²) in [5, 5.41) is 16.2. The van der Waals surface area contributed by atoms with Gasteiger partial charge in [-0.2, -0.15) is 4.99 Å². The Morgan fingerprint density at radius 2 is 2.03 bits per heavy atom. The summed E-state index contributed by atoms with van der Waals surface area (Å²) in [4.78, 5) is 22.0. The number of nitrogens with zero attached hydrogens (tertiary/aromatic N) is 3. The van der Waals surface area contributed by atoms with Crippen LogP contribution in [0.15, 0.2) is 41.5 Å². The molecule has 0 bridgehead atoms. The average Bonchev–Trinajstić information content (AvgIpc) is 2.77. The minimum atomic E-state index is -1.23. The van der Waals surface area contributed by atoms with Crippen LogP contribution in [0.1, 0.15) is 37.1 Å². The third-order valence-corrected chi connectivity index (χ3v) is 5.45. The molecule has 2 aliphatic heterocycles. The van der Waals surface area contributed by atoms with Crippen LogP contribution in [0.5, 0.6) is 11.5 Å². The molecule has 0 radical (unpaired) electrons. The smallest absolute Gasteiger partial charge is 0.350 e. The lowest BCUT2D eigenvalue weighted by atomic mass is 10.1. The van der Waals surface area contributed by atoms with Gasteiger partial charge in [0.05, 0.1) is 12.2 Å². The van der Waals surface area contributed by atoms with E-state index in [1.54, 1.807) is 25.3 Å². The van der Waals surface area contributed by atoms with Gasteiger partial charge in [0.2, 0.25) is 12.3 Å². The van der Waals surface area contributed by atoms with Crippen molar-refractivity contribution in [3.63, 3.8) is 0 Å². The zero-order valence-electron chi connectivity index (χ0n) is 17.9. The first-order chi connectivity index (χ1) is 15.4. The van der Waals surface area contributed by atoms with E-state index in [0.29, 0.717) is 43.1 Å². The van der Waals surface area contributed by atoms with E-state index in [4.69, 9.17) is 9.47 Å². The number of halogens is 1. The molecule has 170 valence electrons. The second-order valence-electron chi connectivity index (χ2n) is 7.80. The van der Waals surface area contributed by atoms with Crippen LogP contribution in [0.25, 0.3) is 0 Å². The SMILES string of the molecule is Cc1ccc(Oc2ccc(F)c([C@H](C)NC3=NC(=O)N(C4CCOCC4)C(O)N3)c2)cn1. The normalized spacial score (nSPS) is 20.4. The minimum absolute atomic E-state index is 0.0757. The van der Waals surface area contributed by atoms with E-state index in [2.05, 4.69) is 20.6 Å². The van der Waals surface area contributed by atoms with Crippen molar-refractivity contribution in [2.24, 2.45) is 4.99 Å². The summed E-state index contributed by atoms with van der Waals surface area (Å²) >= 11 is 0. The van der Waals surface area contributed by atoms with Crippen LogP contribution in [0.3, 0.4) is 0 Å². The van der Waals surface area contributed by atoms with Crippen LogP contribution in [0, 0.1) is 12.7 Å². The van der Waals surface area contributed by atoms with Crippen LogP contribution in [0.4, 0.5) is 9.18 Å². The number of amides is 2. The number of rotatable bonds is 5. The van der Waals surface area contributed by atoms with Gasteiger partial charge in [-0.3, -0.25) is 9.88 Å². The number of aliphatic hydroxyl groups excluding tert-OH is 1. The fourth-order valence-corrected chi connectivity index (χ4v) is 3.73. The molecule has 1 fully saturated rings. The zero-order chi connectivity index (χ0) is 22.7. The van der Waals surface area contributed by atoms with E-state index in [-0.39, 0.29) is 12.0 Å². The van der Waals surface area contributed by atoms with Crippen molar-refractivity contribution in [3.05, 3.63) is 53.6 Å². The van der Waals surface area contributed by atoms with Crippen molar-refractivity contribution in [3.8, 4) is 11.5 Å². The molecular weight excluding hydrogens is 417 g/mol. The third kappa shape index (κ3) is 4.97. The van der Waals surface area contributed by atoms with Gasteiger partial charge >= 0.3 is 6.03 Å². The molecule has 1 saturated heterocycles. The van der Waals surface area contributed by atoms with Crippen LogP contribution < -0.4 is 15.4 Å². The lowest BCUT2D eigenvalue weighted by molar-refractivity contribution is -0.0390. The van der Waals surface area contributed by atoms with E-state index in [0.717, 1.165) is 5.69 Å². The second-order valence-corrected chi connectivity index (χ2v) is 7.80. The van der Waals surface area contributed by atoms with Crippen LogP contribution in [-0.2, 0) is 4.74 Å². The number of pyridine rings is 1. The maximum absolute atomic E-state index is 14.5. The van der Waals surface area contributed by atoms with Gasteiger partial charge in [-0.25, -0.2) is 9.18 Å². The maximum Gasteiger partial charge on any atom is 0.350 e. The number of aryl methyl sites for hydroxylation is 1. The van der Waals surface area contributed by atoms with Crippen molar-refractivity contribution in [1.29, 1.82) is 0 Å². The Hall–Kier alpha value is -3.24. The number of hydrogen-bond donors (Lipinski definition) is 3.